The van der Waals surface area contributed by atoms with E-state index < -0.39 is 0 Å². The molecule has 0 heterocycles. The number of carbonyl (C=O) groups is 2. The molecule has 0 fully saturated rings. The summed E-state index contributed by atoms with van der Waals surface area (Å²) in [6.45, 7) is 8.70. The van der Waals surface area contributed by atoms with Gasteiger partial charge >= 0.3 is 0 Å². The maximum Gasteiger partial charge on any atom is 0.236 e. The molecular formula is C13H27N3O2. The second-order valence-corrected chi connectivity index (χ2v) is 4.47. The summed E-state index contributed by atoms with van der Waals surface area (Å²) < 4.78 is 0. The highest BCUT2D eigenvalue weighted by Crippen LogP contribution is 1.95. The first-order valence-corrected chi connectivity index (χ1v) is 6.85. The average molecular weight is 257 g/mol. The Labute approximate surface area is 110 Å². The monoisotopic (exact) mass is 257 g/mol. The van der Waals surface area contributed by atoms with E-state index in [0.717, 1.165) is 19.3 Å². The molecule has 5 heteroatoms. The fourth-order valence-corrected chi connectivity index (χ4v) is 1.51. The van der Waals surface area contributed by atoms with Gasteiger partial charge in [-0.15, -0.1) is 0 Å². The van der Waals surface area contributed by atoms with Crippen molar-refractivity contribution in [2.24, 2.45) is 0 Å². The van der Waals surface area contributed by atoms with Gasteiger partial charge in [0.1, 0.15) is 0 Å². The van der Waals surface area contributed by atoms with Gasteiger partial charge in [-0.05, 0) is 26.2 Å². The Hall–Kier alpha value is -1.10. The van der Waals surface area contributed by atoms with E-state index >= 15 is 0 Å². The molecule has 0 aliphatic carbocycles. The van der Waals surface area contributed by atoms with Gasteiger partial charge in [-0.3, -0.25) is 14.9 Å². The highest BCUT2D eigenvalue weighted by atomic mass is 16.2. The minimum atomic E-state index is -0.344. The highest BCUT2D eigenvalue weighted by Gasteiger charge is 2.14. The highest BCUT2D eigenvalue weighted by molar-refractivity contribution is 5.83. The number of amides is 2. The Morgan fingerprint density at radius 1 is 1.11 bits per heavy atom. The van der Waals surface area contributed by atoms with E-state index in [1.54, 1.807) is 6.92 Å². The van der Waals surface area contributed by atoms with Crippen molar-refractivity contribution in [2.45, 2.75) is 59.0 Å². The molecule has 0 aromatic heterocycles. The third kappa shape index (κ3) is 7.27. The van der Waals surface area contributed by atoms with Crippen molar-refractivity contribution in [3.05, 3.63) is 0 Å². The number of nitrogens with one attached hydrogen (secondary N) is 3. The van der Waals surface area contributed by atoms with E-state index in [9.17, 15) is 9.59 Å². The molecule has 0 aliphatic heterocycles. The first-order chi connectivity index (χ1) is 8.54. The second kappa shape index (κ2) is 9.88. The molecule has 1 unspecified atom stereocenters. The average Bonchev–Trinajstić information content (AvgIpc) is 2.39. The molecule has 0 rings (SSSR count). The summed E-state index contributed by atoms with van der Waals surface area (Å²) in [6.07, 6.45) is 2.76. The van der Waals surface area contributed by atoms with E-state index in [4.69, 9.17) is 0 Å². The molecule has 3 N–H and O–H groups in total. The van der Waals surface area contributed by atoms with Crippen LogP contribution in [0.5, 0.6) is 0 Å². The maximum absolute atomic E-state index is 11.6. The van der Waals surface area contributed by atoms with Gasteiger partial charge in [0.2, 0.25) is 11.8 Å². The molecule has 0 aromatic carbocycles. The van der Waals surface area contributed by atoms with E-state index in [0.29, 0.717) is 6.54 Å². The molecule has 0 bridgehead atoms. The molecule has 18 heavy (non-hydrogen) atoms. The van der Waals surface area contributed by atoms with Crippen LogP contribution >= 0.6 is 0 Å². The van der Waals surface area contributed by atoms with Gasteiger partial charge in [-0.2, -0.15) is 0 Å². The van der Waals surface area contributed by atoms with Gasteiger partial charge in [0.05, 0.1) is 12.6 Å². The molecule has 1 atom stereocenters. The first kappa shape index (κ1) is 16.9. The summed E-state index contributed by atoms with van der Waals surface area (Å²) >= 11 is 0. The molecule has 0 saturated heterocycles. The molecule has 0 spiro atoms. The van der Waals surface area contributed by atoms with Crippen molar-refractivity contribution < 1.29 is 9.59 Å². The summed E-state index contributed by atoms with van der Waals surface area (Å²) in [5.41, 5.74) is 0. The summed E-state index contributed by atoms with van der Waals surface area (Å²) in [5.74, 6) is -0.119. The molecule has 0 saturated carbocycles. The Bertz CT molecular complexity index is 253. The molecule has 106 valence electrons. The summed E-state index contributed by atoms with van der Waals surface area (Å²) in [5, 5.41) is 8.63. The van der Waals surface area contributed by atoms with Gasteiger partial charge in [0.15, 0.2) is 0 Å². The van der Waals surface area contributed by atoms with Crippen LogP contribution in [0.25, 0.3) is 0 Å². The quantitative estimate of drug-likeness (QED) is 0.572. The largest absolute Gasteiger partial charge is 0.355 e. The van der Waals surface area contributed by atoms with Crippen molar-refractivity contribution in [1.82, 2.24) is 16.0 Å². The second-order valence-electron chi connectivity index (χ2n) is 4.47. The Balaban J connectivity index is 3.86. The fourth-order valence-electron chi connectivity index (χ4n) is 1.51. The number of rotatable bonds is 9. The van der Waals surface area contributed by atoms with Crippen LogP contribution in [0.15, 0.2) is 0 Å². The predicted octanol–water partition coefficient (Wildman–Crippen LogP) is 0.796. The first-order valence-electron chi connectivity index (χ1n) is 6.85. The van der Waals surface area contributed by atoms with E-state index in [1.165, 1.54) is 0 Å². The maximum atomic E-state index is 11.6. The van der Waals surface area contributed by atoms with E-state index in [-0.39, 0.29) is 30.4 Å². The minimum Gasteiger partial charge on any atom is -0.355 e. The topological polar surface area (TPSA) is 70.2 Å². The molecule has 0 aromatic rings. The van der Waals surface area contributed by atoms with Gasteiger partial charge in [0.25, 0.3) is 0 Å². The summed E-state index contributed by atoms with van der Waals surface area (Å²) in [7, 11) is 0. The third-order valence-electron chi connectivity index (χ3n) is 2.86. The minimum absolute atomic E-state index is 0.0566. The zero-order chi connectivity index (χ0) is 14.0. The van der Waals surface area contributed by atoms with Crippen LogP contribution < -0.4 is 16.0 Å². The van der Waals surface area contributed by atoms with Gasteiger partial charge in [-0.25, -0.2) is 0 Å². The lowest BCUT2D eigenvalue weighted by Gasteiger charge is -2.17. The van der Waals surface area contributed by atoms with Crippen molar-refractivity contribution in [1.29, 1.82) is 0 Å². The van der Waals surface area contributed by atoms with Crippen LogP contribution in [0, 0.1) is 0 Å². The molecule has 0 aliphatic rings. The fraction of sp³-hybridized carbons (Fsp3) is 0.846. The SMILES string of the molecule is CCCNC(=O)C(C)NCC(=O)NC(CC)CC. The molecule has 0 radical (unpaired) electrons. The summed E-state index contributed by atoms with van der Waals surface area (Å²) in [6, 6.07) is -0.118. The van der Waals surface area contributed by atoms with E-state index in [2.05, 4.69) is 16.0 Å². The van der Waals surface area contributed by atoms with Crippen LogP contribution in [0.2, 0.25) is 0 Å². The van der Waals surface area contributed by atoms with Crippen LogP contribution in [-0.2, 0) is 9.59 Å². The molecular weight excluding hydrogens is 230 g/mol. The van der Waals surface area contributed by atoms with Crippen molar-refractivity contribution in [2.75, 3.05) is 13.1 Å². The zero-order valence-corrected chi connectivity index (χ0v) is 12.0. The number of hydrogen-bond acceptors (Lipinski definition) is 3. The van der Waals surface area contributed by atoms with Gasteiger partial charge in [0, 0.05) is 12.6 Å². The van der Waals surface area contributed by atoms with Gasteiger partial charge < -0.3 is 10.6 Å². The predicted molar refractivity (Wildman–Crippen MR) is 73.3 cm³/mol. The molecule has 2 amide bonds. The lowest BCUT2D eigenvalue weighted by atomic mass is 10.2. The molecule has 5 nitrogen and oxygen atoms in total. The van der Waals surface area contributed by atoms with Crippen LogP contribution in [0.3, 0.4) is 0 Å². The normalized spacial score (nSPS) is 12.3. The Morgan fingerprint density at radius 3 is 2.22 bits per heavy atom. The van der Waals surface area contributed by atoms with Crippen molar-refractivity contribution in [3.63, 3.8) is 0 Å². The zero-order valence-electron chi connectivity index (χ0n) is 12.0. The van der Waals surface area contributed by atoms with Crippen LogP contribution in [0.1, 0.15) is 47.0 Å². The standard InChI is InChI=1S/C13H27N3O2/c1-5-8-14-13(18)10(4)15-9-12(17)16-11(6-2)7-3/h10-11,15H,5-9H2,1-4H3,(H,14,18)(H,16,17). The number of hydrogen-bond donors (Lipinski definition) is 3. The lowest BCUT2D eigenvalue weighted by molar-refractivity contribution is -0.123. The third-order valence-corrected chi connectivity index (χ3v) is 2.86. The summed E-state index contributed by atoms with van der Waals surface area (Å²) in [4.78, 5) is 23.2. The van der Waals surface area contributed by atoms with Crippen LogP contribution in [0.4, 0.5) is 0 Å². The number of carbonyl (C=O) groups excluding carboxylic acids is 2. The van der Waals surface area contributed by atoms with E-state index in [1.807, 2.05) is 20.8 Å². The Kier molecular flexibility index (Phi) is 9.28. The van der Waals surface area contributed by atoms with Crippen LogP contribution in [-0.4, -0.2) is 37.0 Å². The Morgan fingerprint density at radius 2 is 1.72 bits per heavy atom. The lowest BCUT2D eigenvalue weighted by Crippen LogP contribution is -2.47. The smallest absolute Gasteiger partial charge is 0.236 e. The van der Waals surface area contributed by atoms with Crippen molar-refractivity contribution in [3.8, 4) is 0 Å². The van der Waals surface area contributed by atoms with Crippen molar-refractivity contribution >= 4 is 11.8 Å². The van der Waals surface area contributed by atoms with Gasteiger partial charge in [-0.1, -0.05) is 20.8 Å².